The molecular weight excluding hydrogens is 356 g/mol. The van der Waals surface area contributed by atoms with E-state index in [4.69, 9.17) is 0 Å². The fourth-order valence-electron chi connectivity index (χ4n) is 2.09. The smallest absolute Gasteiger partial charge is 0.326 e. The van der Waals surface area contributed by atoms with Gasteiger partial charge in [-0.2, -0.15) is 9.36 Å². The van der Waals surface area contributed by atoms with Crippen molar-refractivity contribution in [1.82, 2.24) is 24.6 Å². The van der Waals surface area contributed by atoms with Crippen molar-refractivity contribution < 1.29 is 14.7 Å². The summed E-state index contributed by atoms with van der Waals surface area (Å²) >= 11 is 1.01. The first-order chi connectivity index (χ1) is 12.6. The van der Waals surface area contributed by atoms with Gasteiger partial charge in [0, 0.05) is 35.9 Å². The monoisotopic (exact) mass is 370 g/mol. The largest absolute Gasteiger partial charge is 0.480 e. The van der Waals surface area contributed by atoms with Gasteiger partial charge in [0.05, 0.1) is 0 Å². The minimum absolute atomic E-state index is 0.0328. The standard InChI is InChI=1S/C16H14N6O3S/c23-14(24)11(9-12-17-7-4-8-18-12)19-15(25)21-16-20-13(22-26-16)10-5-2-1-3-6-10/h1-8,11H,9H2,(H,23,24)(H2,19,20,21,22,25). The van der Waals surface area contributed by atoms with Gasteiger partial charge in [0.2, 0.25) is 5.13 Å². The topological polar surface area (TPSA) is 130 Å². The summed E-state index contributed by atoms with van der Waals surface area (Å²) in [7, 11) is 0. The molecule has 10 heteroatoms. The van der Waals surface area contributed by atoms with Gasteiger partial charge in [0.15, 0.2) is 5.82 Å². The Bertz CT molecular complexity index is 887. The number of urea groups is 1. The summed E-state index contributed by atoms with van der Waals surface area (Å²) in [5, 5.41) is 14.4. The maximum absolute atomic E-state index is 12.1. The van der Waals surface area contributed by atoms with Crippen LogP contribution in [0.4, 0.5) is 9.93 Å². The zero-order valence-electron chi connectivity index (χ0n) is 13.4. The summed E-state index contributed by atoms with van der Waals surface area (Å²) in [6.07, 6.45) is 2.98. The Morgan fingerprint density at radius 3 is 2.54 bits per heavy atom. The van der Waals surface area contributed by atoms with Crippen LogP contribution in [0, 0.1) is 0 Å². The van der Waals surface area contributed by atoms with Gasteiger partial charge in [0.25, 0.3) is 0 Å². The Morgan fingerprint density at radius 2 is 1.85 bits per heavy atom. The number of aromatic nitrogens is 4. The number of rotatable bonds is 6. The molecule has 2 heterocycles. The fraction of sp³-hybridized carbons (Fsp3) is 0.125. The molecule has 3 rings (SSSR count). The number of hydrogen-bond donors (Lipinski definition) is 3. The Hall–Kier alpha value is -3.40. The van der Waals surface area contributed by atoms with E-state index in [1.807, 2.05) is 30.3 Å². The minimum atomic E-state index is -1.19. The summed E-state index contributed by atoms with van der Waals surface area (Å²) in [5.41, 5.74) is 0.821. The summed E-state index contributed by atoms with van der Waals surface area (Å²) in [4.78, 5) is 35.6. The molecule has 0 fully saturated rings. The molecule has 0 bridgehead atoms. The maximum atomic E-state index is 12.1. The molecule has 3 N–H and O–H groups in total. The van der Waals surface area contributed by atoms with Crippen molar-refractivity contribution in [3.63, 3.8) is 0 Å². The molecule has 1 unspecified atom stereocenters. The van der Waals surface area contributed by atoms with Gasteiger partial charge in [-0.1, -0.05) is 30.3 Å². The average Bonchev–Trinajstić information content (AvgIpc) is 3.11. The summed E-state index contributed by atoms with van der Waals surface area (Å²) in [5.74, 6) is -0.379. The van der Waals surface area contributed by atoms with Crippen molar-refractivity contribution in [2.24, 2.45) is 0 Å². The molecule has 0 aliphatic rings. The first-order valence-corrected chi connectivity index (χ1v) is 8.34. The maximum Gasteiger partial charge on any atom is 0.326 e. The van der Waals surface area contributed by atoms with Crippen LogP contribution >= 0.6 is 11.5 Å². The molecule has 9 nitrogen and oxygen atoms in total. The highest BCUT2D eigenvalue weighted by Crippen LogP contribution is 2.20. The highest BCUT2D eigenvalue weighted by Gasteiger charge is 2.22. The van der Waals surface area contributed by atoms with E-state index < -0.39 is 18.0 Å². The van der Waals surface area contributed by atoms with E-state index in [2.05, 4.69) is 30.0 Å². The lowest BCUT2D eigenvalue weighted by atomic mass is 10.2. The quantitative estimate of drug-likeness (QED) is 0.603. The van der Waals surface area contributed by atoms with Crippen LogP contribution in [0.1, 0.15) is 5.82 Å². The fourth-order valence-corrected chi connectivity index (χ4v) is 2.67. The molecule has 0 aliphatic carbocycles. The molecule has 0 aliphatic heterocycles. The third-order valence-electron chi connectivity index (χ3n) is 3.29. The Labute approximate surface area is 152 Å². The number of aliphatic carboxylic acids is 1. The van der Waals surface area contributed by atoms with Crippen LogP contribution in [-0.4, -0.2) is 42.5 Å². The Morgan fingerprint density at radius 1 is 1.12 bits per heavy atom. The molecule has 132 valence electrons. The number of benzene rings is 1. The minimum Gasteiger partial charge on any atom is -0.480 e. The number of carbonyl (C=O) groups is 2. The molecule has 0 spiro atoms. The summed E-state index contributed by atoms with van der Waals surface area (Å²) in [6.45, 7) is 0. The van der Waals surface area contributed by atoms with E-state index in [1.54, 1.807) is 6.07 Å². The van der Waals surface area contributed by atoms with Crippen molar-refractivity contribution in [2.75, 3.05) is 5.32 Å². The van der Waals surface area contributed by atoms with Crippen LogP contribution in [0.25, 0.3) is 11.4 Å². The zero-order valence-corrected chi connectivity index (χ0v) is 14.2. The van der Waals surface area contributed by atoms with E-state index >= 15 is 0 Å². The SMILES string of the molecule is O=C(Nc1nc(-c2ccccc2)ns1)NC(Cc1ncccn1)C(=O)O. The predicted octanol–water partition coefficient (Wildman–Crippen LogP) is 1.81. The Kier molecular flexibility index (Phi) is 5.44. The molecule has 2 amide bonds. The van der Waals surface area contributed by atoms with E-state index in [0.717, 1.165) is 17.1 Å². The number of hydrogen-bond acceptors (Lipinski definition) is 7. The van der Waals surface area contributed by atoms with Crippen molar-refractivity contribution in [3.05, 3.63) is 54.6 Å². The first kappa shape index (κ1) is 17.4. The zero-order chi connectivity index (χ0) is 18.4. The number of carbonyl (C=O) groups excluding carboxylic acids is 1. The third-order valence-corrected chi connectivity index (χ3v) is 3.92. The lowest BCUT2D eigenvalue weighted by Crippen LogP contribution is -2.44. The molecule has 1 aromatic carbocycles. The lowest BCUT2D eigenvalue weighted by molar-refractivity contribution is -0.139. The normalized spacial score (nSPS) is 11.5. The molecule has 0 saturated carbocycles. The third kappa shape index (κ3) is 4.57. The molecule has 0 saturated heterocycles. The van der Waals surface area contributed by atoms with E-state index in [-0.39, 0.29) is 11.6 Å². The molecule has 1 atom stereocenters. The second-order valence-corrected chi connectivity index (χ2v) is 5.90. The van der Waals surface area contributed by atoms with Gasteiger partial charge in [-0.15, -0.1) is 0 Å². The molecule has 0 radical (unpaired) electrons. The van der Waals surface area contributed by atoms with Gasteiger partial charge in [-0.25, -0.2) is 19.6 Å². The van der Waals surface area contributed by atoms with E-state index in [9.17, 15) is 14.7 Å². The summed E-state index contributed by atoms with van der Waals surface area (Å²) in [6, 6.07) is 9.07. The highest BCUT2D eigenvalue weighted by molar-refractivity contribution is 7.10. The summed E-state index contributed by atoms with van der Waals surface area (Å²) < 4.78 is 4.17. The molecule has 3 aromatic rings. The predicted molar refractivity (Wildman–Crippen MR) is 94.7 cm³/mol. The highest BCUT2D eigenvalue weighted by atomic mass is 32.1. The average molecular weight is 370 g/mol. The number of nitrogens with zero attached hydrogens (tertiary/aromatic N) is 4. The molecule has 2 aromatic heterocycles. The van der Waals surface area contributed by atoms with E-state index in [0.29, 0.717) is 11.6 Å². The number of nitrogens with one attached hydrogen (secondary N) is 2. The van der Waals surface area contributed by atoms with E-state index in [1.165, 1.54) is 12.4 Å². The van der Waals surface area contributed by atoms with Gasteiger partial charge >= 0.3 is 12.0 Å². The molecular formula is C16H14N6O3S. The molecule has 26 heavy (non-hydrogen) atoms. The van der Waals surface area contributed by atoms with Crippen molar-refractivity contribution in [3.8, 4) is 11.4 Å². The lowest BCUT2D eigenvalue weighted by Gasteiger charge is -2.13. The second-order valence-electron chi connectivity index (χ2n) is 5.15. The number of carboxylic acids is 1. The van der Waals surface area contributed by atoms with Crippen LogP contribution in [0.15, 0.2) is 48.8 Å². The van der Waals surface area contributed by atoms with Crippen LogP contribution in [0.5, 0.6) is 0 Å². The van der Waals surface area contributed by atoms with Crippen LogP contribution in [-0.2, 0) is 11.2 Å². The Balaban J connectivity index is 1.62. The number of anilines is 1. The van der Waals surface area contributed by atoms with Gasteiger partial charge in [0.1, 0.15) is 11.9 Å². The second kappa shape index (κ2) is 8.12. The first-order valence-electron chi connectivity index (χ1n) is 7.57. The number of amides is 2. The van der Waals surface area contributed by atoms with Crippen molar-refractivity contribution in [1.29, 1.82) is 0 Å². The number of carboxylic acid groups (broad SMARTS) is 1. The van der Waals surface area contributed by atoms with Crippen LogP contribution < -0.4 is 10.6 Å². The van der Waals surface area contributed by atoms with Gasteiger partial charge in [-0.3, -0.25) is 5.32 Å². The van der Waals surface area contributed by atoms with Gasteiger partial charge < -0.3 is 10.4 Å². The van der Waals surface area contributed by atoms with Crippen LogP contribution in [0.2, 0.25) is 0 Å². The van der Waals surface area contributed by atoms with Crippen LogP contribution in [0.3, 0.4) is 0 Å². The van der Waals surface area contributed by atoms with Gasteiger partial charge in [-0.05, 0) is 6.07 Å². The van der Waals surface area contributed by atoms with Crippen molar-refractivity contribution in [2.45, 2.75) is 12.5 Å². The van der Waals surface area contributed by atoms with Crippen molar-refractivity contribution >= 4 is 28.7 Å².